The van der Waals surface area contributed by atoms with Crippen LogP contribution in [-0.2, 0) is 6.54 Å². The van der Waals surface area contributed by atoms with E-state index in [9.17, 15) is 4.39 Å². The van der Waals surface area contributed by atoms with Crippen molar-refractivity contribution in [2.24, 2.45) is 0 Å². The number of anilines is 1. The molecular formula is C17H15FN2O. The number of aromatic nitrogens is 1. The van der Waals surface area contributed by atoms with Crippen molar-refractivity contribution in [2.45, 2.75) is 13.5 Å². The number of hydrogen-bond acceptors (Lipinski definition) is 3. The first-order chi connectivity index (χ1) is 10.2. The van der Waals surface area contributed by atoms with Gasteiger partial charge in [0.15, 0.2) is 5.89 Å². The molecule has 0 amide bonds. The largest absolute Gasteiger partial charge is 0.449 e. The lowest BCUT2D eigenvalue weighted by Gasteiger charge is -2.07. The van der Waals surface area contributed by atoms with Crippen LogP contribution in [0.15, 0.2) is 59.2 Å². The minimum absolute atomic E-state index is 0.217. The second kappa shape index (κ2) is 5.79. The molecule has 4 heteroatoms. The van der Waals surface area contributed by atoms with E-state index in [4.69, 9.17) is 4.42 Å². The molecule has 1 N–H and O–H groups in total. The lowest BCUT2D eigenvalue weighted by atomic mass is 10.1. The van der Waals surface area contributed by atoms with Crippen molar-refractivity contribution < 1.29 is 8.81 Å². The van der Waals surface area contributed by atoms with Crippen LogP contribution in [0.2, 0.25) is 0 Å². The first-order valence-corrected chi connectivity index (χ1v) is 6.71. The molecule has 0 aliphatic heterocycles. The number of hydrogen-bond donors (Lipinski definition) is 1. The summed E-state index contributed by atoms with van der Waals surface area (Å²) in [5.41, 5.74) is 3.71. The van der Waals surface area contributed by atoms with Gasteiger partial charge in [0, 0.05) is 24.7 Å². The molecule has 3 aromatic rings. The van der Waals surface area contributed by atoms with Gasteiger partial charge in [0.05, 0.1) is 0 Å². The normalized spacial score (nSPS) is 10.6. The van der Waals surface area contributed by atoms with Gasteiger partial charge in [-0.2, -0.15) is 0 Å². The van der Waals surface area contributed by atoms with Crippen LogP contribution in [0.3, 0.4) is 0 Å². The van der Waals surface area contributed by atoms with Crippen molar-refractivity contribution in [1.29, 1.82) is 0 Å². The van der Waals surface area contributed by atoms with Crippen molar-refractivity contribution in [3.8, 4) is 11.3 Å². The minimum Gasteiger partial charge on any atom is -0.449 e. The Morgan fingerprint density at radius 3 is 2.62 bits per heavy atom. The molecule has 0 fully saturated rings. The summed E-state index contributed by atoms with van der Waals surface area (Å²) in [6, 6.07) is 14.5. The second-order valence-electron chi connectivity index (χ2n) is 4.81. The third kappa shape index (κ3) is 3.28. The molecule has 21 heavy (non-hydrogen) atoms. The smallest absolute Gasteiger partial charge is 0.191 e. The average molecular weight is 282 g/mol. The molecule has 0 spiro atoms. The predicted octanol–water partition coefficient (Wildman–Crippen LogP) is 4.40. The minimum atomic E-state index is -0.217. The number of nitrogens with zero attached hydrogens (tertiary/aromatic N) is 1. The Balaban J connectivity index is 1.67. The standard InChI is InChI=1S/C17H15FN2O/c1-12-20-17(11-21-12)14-5-7-16(8-6-14)19-10-13-3-2-4-15(18)9-13/h2-9,11,19H,10H2,1H3. The zero-order valence-corrected chi connectivity index (χ0v) is 11.6. The van der Waals surface area contributed by atoms with Crippen LogP contribution in [0.1, 0.15) is 11.5 Å². The molecule has 0 saturated carbocycles. The fourth-order valence-corrected chi connectivity index (χ4v) is 2.11. The van der Waals surface area contributed by atoms with Gasteiger partial charge >= 0.3 is 0 Å². The van der Waals surface area contributed by atoms with Crippen LogP contribution >= 0.6 is 0 Å². The van der Waals surface area contributed by atoms with Crippen LogP contribution < -0.4 is 5.32 Å². The van der Waals surface area contributed by atoms with Crippen molar-refractivity contribution in [1.82, 2.24) is 4.98 Å². The highest BCUT2D eigenvalue weighted by Crippen LogP contribution is 2.21. The monoisotopic (exact) mass is 282 g/mol. The van der Waals surface area contributed by atoms with E-state index in [1.165, 1.54) is 12.1 Å². The van der Waals surface area contributed by atoms with E-state index in [1.54, 1.807) is 12.3 Å². The van der Waals surface area contributed by atoms with E-state index in [-0.39, 0.29) is 5.82 Å². The molecule has 0 aliphatic carbocycles. The summed E-state index contributed by atoms with van der Waals surface area (Å²) in [4.78, 5) is 4.29. The highest BCUT2D eigenvalue weighted by molar-refractivity contribution is 5.61. The van der Waals surface area contributed by atoms with Crippen molar-refractivity contribution in [3.05, 3.63) is 72.1 Å². The predicted molar refractivity (Wildman–Crippen MR) is 80.4 cm³/mol. The zero-order valence-electron chi connectivity index (χ0n) is 11.6. The lowest BCUT2D eigenvalue weighted by Crippen LogP contribution is -1.99. The Labute approximate surface area is 122 Å². The van der Waals surface area contributed by atoms with Crippen molar-refractivity contribution in [2.75, 3.05) is 5.32 Å². The second-order valence-corrected chi connectivity index (χ2v) is 4.81. The maximum Gasteiger partial charge on any atom is 0.191 e. The summed E-state index contributed by atoms with van der Waals surface area (Å²) in [6.45, 7) is 2.40. The molecule has 3 rings (SSSR count). The van der Waals surface area contributed by atoms with Gasteiger partial charge < -0.3 is 9.73 Å². The molecule has 1 heterocycles. The topological polar surface area (TPSA) is 38.1 Å². The molecule has 1 aromatic heterocycles. The van der Waals surface area contributed by atoms with E-state index in [1.807, 2.05) is 37.3 Å². The van der Waals surface area contributed by atoms with Crippen LogP contribution in [0.5, 0.6) is 0 Å². The van der Waals surface area contributed by atoms with Gasteiger partial charge in [0.2, 0.25) is 0 Å². The zero-order chi connectivity index (χ0) is 14.7. The summed E-state index contributed by atoms with van der Waals surface area (Å²) < 4.78 is 18.3. The summed E-state index contributed by atoms with van der Waals surface area (Å²) >= 11 is 0. The van der Waals surface area contributed by atoms with E-state index >= 15 is 0 Å². The Hall–Kier alpha value is -2.62. The van der Waals surface area contributed by atoms with Crippen LogP contribution in [0.25, 0.3) is 11.3 Å². The molecule has 0 atom stereocenters. The third-order valence-electron chi connectivity index (χ3n) is 3.19. The van der Waals surface area contributed by atoms with E-state index in [0.717, 1.165) is 22.5 Å². The quantitative estimate of drug-likeness (QED) is 0.770. The van der Waals surface area contributed by atoms with Gasteiger partial charge in [-0.3, -0.25) is 0 Å². The fraction of sp³-hybridized carbons (Fsp3) is 0.118. The van der Waals surface area contributed by atoms with Crippen LogP contribution in [-0.4, -0.2) is 4.98 Å². The van der Waals surface area contributed by atoms with Crippen LogP contribution in [0.4, 0.5) is 10.1 Å². The van der Waals surface area contributed by atoms with Gasteiger partial charge in [0.1, 0.15) is 17.8 Å². The summed E-state index contributed by atoms with van der Waals surface area (Å²) in [6.07, 6.45) is 1.64. The Kier molecular flexibility index (Phi) is 3.69. The Morgan fingerprint density at radius 1 is 1.14 bits per heavy atom. The molecule has 0 unspecified atom stereocenters. The van der Waals surface area contributed by atoms with Gasteiger partial charge in [-0.05, 0) is 29.8 Å². The van der Waals surface area contributed by atoms with Crippen molar-refractivity contribution >= 4 is 5.69 Å². The maximum absolute atomic E-state index is 13.1. The highest BCUT2D eigenvalue weighted by atomic mass is 19.1. The van der Waals surface area contributed by atoms with Gasteiger partial charge in [-0.1, -0.05) is 24.3 Å². The summed E-state index contributed by atoms with van der Waals surface area (Å²) in [5, 5.41) is 3.26. The summed E-state index contributed by atoms with van der Waals surface area (Å²) in [5.74, 6) is 0.435. The Morgan fingerprint density at radius 2 is 1.95 bits per heavy atom. The molecule has 0 aliphatic rings. The molecule has 2 aromatic carbocycles. The molecule has 106 valence electrons. The highest BCUT2D eigenvalue weighted by Gasteiger charge is 2.03. The third-order valence-corrected chi connectivity index (χ3v) is 3.19. The number of oxazole rings is 1. The maximum atomic E-state index is 13.1. The first-order valence-electron chi connectivity index (χ1n) is 6.71. The van der Waals surface area contributed by atoms with E-state index < -0.39 is 0 Å². The van der Waals surface area contributed by atoms with E-state index in [0.29, 0.717) is 12.4 Å². The summed E-state index contributed by atoms with van der Waals surface area (Å²) in [7, 11) is 0. The number of benzene rings is 2. The van der Waals surface area contributed by atoms with Crippen molar-refractivity contribution in [3.63, 3.8) is 0 Å². The molecule has 0 bridgehead atoms. The van der Waals surface area contributed by atoms with Gasteiger partial charge in [0.25, 0.3) is 0 Å². The Bertz CT molecular complexity index is 735. The molecule has 0 radical (unpaired) electrons. The first kappa shape index (κ1) is 13.4. The molecular weight excluding hydrogens is 267 g/mol. The molecule has 0 saturated heterocycles. The average Bonchev–Trinajstić information content (AvgIpc) is 2.92. The number of nitrogens with one attached hydrogen (secondary N) is 1. The van der Waals surface area contributed by atoms with Gasteiger partial charge in [-0.15, -0.1) is 0 Å². The number of aryl methyl sites for hydroxylation is 1. The van der Waals surface area contributed by atoms with Gasteiger partial charge in [-0.25, -0.2) is 9.37 Å². The van der Waals surface area contributed by atoms with E-state index in [2.05, 4.69) is 10.3 Å². The number of halogens is 1. The SMILES string of the molecule is Cc1nc(-c2ccc(NCc3cccc(F)c3)cc2)co1. The fourth-order valence-electron chi connectivity index (χ4n) is 2.11. The molecule has 3 nitrogen and oxygen atoms in total. The van der Waals surface area contributed by atoms with Crippen LogP contribution in [0, 0.1) is 12.7 Å². The number of rotatable bonds is 4. The lowest BCUT2D eigenvalue weighted by molar-refractivity contribution is 0.521.